The van der Waals surface area contributed by atoms with Gasteiger partial charge in [-0.3, -0.25) is 0 Å². The molecule has 0 aliphatic rings. The van der Waals surface area contributed by atoms with Crippen LogP contribution in [0.25, 0.3) is 11.0 Å². The van der Waals surface area contributed by atoms with E-state index in [4.69, 9.17) is 9.15 Å². The second-order valence-electron chi connectivity index (χ2n) is 5.08. The van der Waals surface area contributed by atoms with Crippen molar-refractivity contribution in [1.82, 2.24) is 4.83 Å². The molecule has 3 aromatic rings. The van der Waals surface area contributed by atoms with Crippen LogP contribution in [-0.2, 0) is 10.0 Å². The van der Waals surface area contributed by atoms with E-state index in [1.807, 2.05) is 0 Å². The van der Waals surface area contributed by atoms with E-state index in [2.05, 4.69) is 9.93 Å². The number of methoxy groups -OCH3 is 1. The Bertz CT molecular complexity index is 1090. The van der Waals surface area contributed by atoms with Crippen molar-refractivity contribution in [2.24, 2.45) is 5.10 Å². The summed E-state index contributed by atoms with van der Waals surface area (Å²) in [4.78, 5) is 13.4. The molecule has 0 atom stereocenters. The molecular formula is C17H14N2O5S. The molecule has 3 rings (SSSR count). The van der Waals surface area contributed by atoms with Crippen LogP contribution in [0.4, 0.5) is 0 Å². The summed E-state index contributed by atoms with van der Waals surface area (Å²) in [5.41, 5.74) is 0.670. The minimum Gasteiger partial charge on any atom is -0.497 e. The zero-order chi connectivity index (χ0) is 17.9. The summed E-state index contributed by atoms with van der Waals surface area (Å²) in [5, 5.41) is 4.48. The van der Waals surface area contributed by atoms with Gasteiger partial charge < -0.3 is 9.15 Å². The fourth-order valence-corrected chi connectivity index (χ4v) is 2.94. The Hall–Kier alpha value is -3.13. The highest BCUT2D eigenvalue weighted by Gasteiger charge is 2.12. The molecule has 1 aromatic heterocycles. The van der Waals surface area contributed by atoms with Gasteiger partial charge in [-0.05, 0) is 54.1 Å². The van der Waals surface area contributed by atoms with Crippen molar-refractivity contribution < 1.29 is 17.6 Å². The number of hydrazone groups is 1. The molecule has 0 spiro atoms. The van der Waals surface area contributed by atoms with Crippen LogP contribution in [0, 0.1) is 0 Å². The van der Waals surface area contributed by atoms with Crippen molar-refractivity contribution in [2.75, 3.05) is 7.11 Å². The van der Waals surface area contributed by atoms with Gasteiger partial charge in [-0.15, -0.1) is 0 Å². The first-order valence-electron chi connectivity index (χ1n) is 7.21. The van der Waals surface area contributed by atoms with E-state index in [-0.39, 0.29) is 4.90 Å². The van der Waals surface area contributed by atoms with E-state index in [1.54, 1.807) is 36.4 Å². The van der Waals surface area contributed by atoms with Crippen LogP contribution in [0.5, 0.6) is 5.75 Å². The lowest BCUT2D eigenvalue weighted by molar-refractivity contribution is 0.414. The summed E-state index contributed by atoms with van der Waals surface area (Å²) in [6.45, 7) is 0. The topological polar surface area (TPSA) is 98.0 Å². The Labute approximate surface area is 143 Å². The number of benzene rings is 2. The predicted molar refractivity (Wildman–Crippen MR) is 93.4 cm³/mol. The molecule has 2 aromatic carbocycles. The number of ether oxygens (including phenoxy) is 1. The highest BCUT2D eigenvalue weighted by atomic mass is 32.2. The summed E-state index contributed by atoms with van der Waals surface area (Å²) < 4.78 is 34.3. The molecule has 0 radical (unpaired) electrons. The summed E-state index contributed by atoms with van der Waals surface area (Å²) >= 11 is 0. The van der Waals surface area contributed by atoms with E-state index >= 15 is 0 Å². The van der Waals surface area contributed by atoms with Gasteiger partial charge in [0, 0.05) is 11.5 Å². The lowest BCUT2D eigenvalue weighted by Crippen LogP contribution is -2.18. The molecular weight excluding hydrogens is 344 g/mol. The van der Waals surface area contributed by atoms with Crippen LogP contribution < -0.4 is 15.2 Å². The zero-order valence-corrected chi connectivity index (χ0v) is 14.0. The summed E-state index contributed by atoms with van der Waals surface area (Å²) in [6, 6.07) is 13.9. The van der Waals surface area contributed by atoms with Crippen molar-refractivity contribution in [3.8, 4) is 5.75 Å². The second-order valence-corrected chi connectivity index (χ2v) is 6.74. The quantitative estimate of drug-likeness (QED) is 0.428. The zero-order valence-electron chi connectivity index (χ0n) is 13.2. The molecule has 0 fully saturated rings. The van der Waals surface area contributed by atoms with Crippen LogP contribution >= 0.6 is 0 Å². The number of fused-ring (bicyclic) bond motifs is 1. The first-order valence-corrected chi connectivity index (χ1v) is 8.69. The lowest BCUT2D eigenvalue weighted by atomic mass is 10.1. The van der Waals surface area contributed by atoms with Crippen LogP contribution in [-0.4, -0.2) is 21.7 Å². The van der Waals surface area contributed by atoms with Crippen molar-refractivity contribution in [2.45, 2.75) is 4.90 Å². The third-order valence-electron chi connectivity index (χ3n) is 3.40. The summed E-state index contributed by atoms with van der Waals surface area (Å²) in [5.74, 6) is 0.560. The maximum atomic E-state index is 12.2. The van der Waals surface area contributed by atoms with E-state index in [1.165, 1.54) is 31.5 Å². The van der Waals surface area contributed by atoms with Crippen molar-refractivity contribution >= 4 is 27.2 Å². The third-order valence-corrected chi connectivity index (χ3v) is 4.64. The van der Waals surface area contributed by atoms with Gasteiger partial charge in [0.05, 0.1) is 18.2 Å². The van der Waals surface area contributed by atoms with Crippen molar-refractivity contribution in [1.29, 1.82) is 0 Å². The molecule has 25 heavy (non-hydrogen) atoms. The maximum Gasteiger partial charge on any atom is 0.336 e. The molecule has 1 heterocycles. The smallest absolute Gasteiger partial charge is 0.336 e. The fraction of sp³-hybridized carbons (Fsp3) is 0.0588. The average molecular weight is 358 g/mol. The van der Waals surface area contributed by atoms with Gasteiger partial charge >= 0.3 is 5.63 Å². The minimum absolute atomic E-state index is 0.0748. The molecule has 0 saturated heterocycles. The predicted octanol–water partition coefficient (Wildman–Crippen LogP) is 2.11. The first kappa shape index (κ1) is 16.7. The number of hydrogen-bond acceptors (Lipinski definition) is 6. The van der Waals surface area contributed by atoms with E-state index < -0.39 is 15.6 Å². The highest BCUT2D eigenvalue weighted by molar-refractivity contribution is 7.89. The van der Waals surface area contributed by atoms with Gasteiger partial charge in [0.1, 0.15) is 11.3 Å². The Morgan fingerprint density at radius 2 is 1.84 bits per heavy atom. The number of sulfonamides is 1. The SMILES string of the molecule is COc1ccc(S(=O)(=O)N/N=C/c2ccc3oc(=O)ccc3c2)cc1. The van der Waals surface area contributed by atoms with E-state index in [0.29, 0.717) is 22.3 Å². The molecule has 0 unspecified atom stereocenters. The van der Waals surface area contributed by atoms with E-state index in [9.17, 15) is 13.2 Å². The third kappa shape index (κ3) is 3.86. The van der Waals surface area contributed by atoms with Crippen LogP contribution in [0.2, 0.25) is 0 Å². The molecule has 0 amide bonds. The molecule has 7 nitrogen and oxygen atoms in total. The van der Waals surface area contributed by atoms with Gasteiger partial charge in [-0.1, -0.05) is 0 Å². The summed E-state index contributed by atoms with van der Waals surface area (Å²) in [6.07, 6.45) is 1.37. The minimum atomic E-state index is -3.77. The Balaban J connectivity index is 1.77. The maximum absolute atomic E-state index is 12.2. The Kier molecular flexibility index (Phi) is 4.53. The molecule has 1 N–H and O–H groups in total. The number of nitrogens with zero attached hydrogens (tertiary/aromatic N) is 1. The largest absolute Gasteiger partial charge is 0.497 e. The summed E-state index contributed by atoms with van der Waals surface area (Å²) in [7, 11) is -2.27. The normalized spacial score (nSPS) is 11.7. The Morgan fingerprint density at radius 3 is 2.56 bits per heavy atom. The van der Waals surface area contributed by atoms with Crippen molar-refractivity contribution in [3.05, 3.63) is 70.6 Å². The van der Waals surface area contributed by atoms with Crippen LogP contribution in [0.3, 0.4) is 0 Å². The second kappa shape index (κ2) is 6.78. The van der Waals surface area contributed by atoms with Gasteiger partial charge in [0.15, 0.2) is 0 Å². The van der Waals surface area contributed by atoms with Gasteiger partial charge in [0.25, 0.3) is 10.0 Å². The molecule has 8 heteroatoms. The van der Waals surface area contributed by atoms with Gasteiger partial charge in [0.2, 0.25) is 0 Å². The number of hydrogen-bond donors (Lipinski definition) is 1. The highest BCUT2D eigenvalue weighted by Crippen LogP contribution is 2.15. The van der Waals surface area contributed by atoms with E-state index in [0.717, 1.165) is 0 Å². The number of nitrogens with one attached hydrogen (secondary N) is 1. The number of rotatable bonds is 5. The molecule has 128 valence electrons. The molecule has 0 saturated carbocycles. The average Bonchev–Trinajstić information content (AvgIpc) is 2.61. The van der Waals surface area contributed by atoms with Crippen LogP contribution in [0.15, 0.2) is 73.8 Å². The monoisotopic (exact) mass is 358 g/mol. The Morgan fingerprint density at radius 1 is 1.08 bits per heavy atom. The van der Waals surface area contributed by atoms with Crippen LogP contribution in [0.1, 0.15) is 5.56 Å². The van der Waals surface area contributed by atoms with Gasteiger partial charge in [-0.25, -0.2) is 9.63 Å². The fourth-order valence-electron chi connectivity index (χ4n) is 2.15. The molecule has 0 bridgehead atoms. The van der Waals surface area contributed by atoms with Crippen molar-refractivity contribution in [3.63, 3.8) is 0 Å². The lowest BCUT2D eigenvalue weighted by Gasteiger charge is -2.04. The molecule has 0 aliphatic heterocycles. The molecule has 0 aliphatic carbocycles. The standard InChI is InChI=1S/C17H14N2O5S/c1-23-14-4-6-15(7-5-14)25(21,22)19-18-11-12-2-8-16-13(10-12)3-9-17(20)24-16/h2-11,19H,1H3/b18-11+. The first-order chi connectivity index (χ1) is 12.0. The van der Waals surface area contributed by atoms with Gasteiger partial charge in [-0.2, -0.15) is 13.5 Å².